The van der Waals surface area contributed by atoms with Crippen LogP contribution < -0.4 is 14.2 Å². The molecule has 0 saturated carbocycles. The van der Waals surface area contributed by atoms with Crippen LogP contribution in [0.15, 0.2) is 48.5 Å². The SMILES string of the molecule is COc1ccc(-c2ccc(OCCCC(C)(C)CCCOc3ccc(-c4ccc(CO)c(F)c4F)c(F)c3F)c(F)c2F)c(F)c1F. The van der Waals surface area contributed by atoms with Gasteiger partial charge in [0, 0.05) is 27.8 Å². The largest absolute Gasteiger partial charge is 0.494 e. The van der Waals surface area contributed by atoms with Gasteiger partial charge in [-0.05, 0) is 67.5 Å². The van der Waals surface area contributed by atoms with E-state index in [9.17, 15) is 35.1 Å². The molecule has 47 heavy (non-hydrogen) atoms. The number of hydrogen-bond acceptors (Lipinski definition) is 4. The lowest BCUT2D eigenvalue weighted by atomic mass is 9.83. The van der Waals surface area contributed by atoms with Gasteiger partial charge in [0.2, 0.25) is 17.5 Å². The number of rotatable bonds is 14. The number of halogens is 8. The summed E-state index contributed by atoms with van der Waals surface area (Å²) in [5, 5.41) is 9.06. The standard InChI is InChI=1S/C35H32F8O4/c1-35(2,14-4-16-46-25-12-9-22(30(39)33(25)42)20-7-6-19(18-44)27(36)28(20)37)15-5-17-47-26-13-10-23(31(40)34(26)43)21-8-11-24(45-3)32(41)29(21)38/h6-13,44H,4-5,14-18H2,1-3H3. The Hall–Kier alpha value is -4.32. The van der Waals surface area contributed by atoms with Crippen LogP contribution in [0, 0.1) is 52.0 Å². The summed E-state index contributed by atoms with van der Waals surface area (Å²) in [5.74, 6) is -12.1. The second-order valence-corrected chi connectivity index (χ2v) is 11.5. The first-order valence-corrected chi connectivity index (χ1v) is 14.6. The molecule has 4 aromatic rings. The summed E-state index contributed by atoms with van der Waals surface area (Å²) in [4.78, 5) is 0. The molecule has 0 radical (unpaired) electrons. The van der Waals surface area contributed by atoms with Gasteiger partial charge in [-0.15, -0.1) is 0 Å². The Kier molecular flexibility index (Phi) is 11.4. The predicted molar refractivity (Wildman–Crippen MR) is 159 cm³/mol. The van der Waals surface area contributed by atoms with Crippen molar-refractivity contribution in [3.05, 3.63) is 101 Å². The molecular formula is C35H32F8O4. The van der Waals surface area contributed by atoms with E-state index in [1.807, 2.05) is 13.8 Å². The molecule has 4 aromatic carbocycles. The predicted octanol–water partition coefficient (Wildman–Crippen LogP) is 9.68. The zero-order valence-corrected chi connectivity index (χ0v) is 25.8. The zero-order chi connectivity index (χ0) is 34.5. The molecule has 4 rings (SSSR count). The lowest BCUT2D eigenvalue weighted by molar-refractivity contribution is 0.214. The maximum atomic E-state index is 14.8. The average Bonchev–Trinajstić information content (AvgIpc) is 3.04. The molecule has 0 saturated heterocycles. The molecule has 0 aromatic heterocycles. The van der Waals surface area contributed by atoms with Gasteiger partial charge in [0.15, 0.2) is 46.3 Å². The summed E-state index contributed by atoms with van der Waals surface area (Å²) >= 11 is 0. The van der Waals surface area contributed by atoms with Crippen LogP contribution in [0.25, 0.3) is 22.3 Å². The second kappa shape index (κ2) is 15.1. The van der Waals surface area contributed by atoms with E-state index in [1.54, 1.807) is 0 Å². The topological polar surface area (TPSA) is 47.9 Å². The first-order valence-electron chi connectivity index (χ1n) is 14.6. The number of ether oxygens (including phenoxy) is 3. The zero-order valence-electron chi connectivity index (χ0n) is 25.8. The quantitative estimate of drug-likeness (QED) is 0.107. The minimum atomic E-state index is -1.41. The number of benzene rings is 4. The van der Waals surface area contributed by atoms with Crippen molar-refractivity contribution in [3.8, 4) is 39.5 Å². The molecule has 1 N–H and O–H groups in total. The summed E-state index contributed by atoms with van der Waals surface area (Å²) in [6.45, 7) is 3.21. The summed E-state index contributed by atoms with van der Waals surface area (Å²) < 4.78 is 131. The maximum absolute atomic E-state index is 14.8. The second-order valence-electron chi connectivity index (χ2n) is 11.5. The lowest BCUT2D eigenvalue weighted by Gasteiger charge is -2.24. The van der Waals surface area contributed by atoms with E-state index in [2.05, 4.69) is 0 Å². The van der Waals surface area contributed by atoms with Gasteiger partial charge < -0.3 is 19.3 Å². The first kappa shape index (κ1) is 35.5. The minimum absolute atomic E-state index is 0.0271. The molecule has 0 atom stereocenters. The maximum Gasteiger partial charge on any atom is 0.201 e. The van der Waals surface area contributed by atoms with Gasteiger partial charge in [-0.3, -0.25) is 0 Å². The molecule has 252 valence electrons. The van der Waals surface area contributed by atoms with Crippen LogP contribution in [-0.4, -0.2) is 25.4 Å². The highest BCUT2D eigenvalue weighted by Crippen LogP contribution is 2.36. The van der Waals surface area contributed by atoms with E-state index in [4.69, 9.17) is 19.3 Å². The highest BCUT2D eigenvalue weighted by atomic mass is 19.2. The fraction of sp³-hybridized carbons (Fsp3) is 0.314. The Bertz CT molecular complexity index is 1620. The van der Waals surface area contributed by atoms with Gasteiger partial charge in [0.1, 0.15) is 0 Å². The third-order valence-electron chi connectivity index (χ3n) is 7.78. The van der Waals surface area contributed by atoms with E-state index in [-0.39, 0.29) is 35.7 Å². The van der Waals surface area contributed by atoms with Gasteiger partial charge in [0.25, 0.3) is 0 Å². The monoisotopic (exact) mass is 668 g/mol. The van der Waals surface area contributed by atoms with E-state index in [0.29, 0.717) is 25.7 Å². The molecule has 0 heterocycles. The summed E-state index contributed by atoms with van der Waals surface area (Å²) in [7, 11) is 1.15. The molecule has 0 bridgehead atoms. The van der Waals surface area contributed by atoms with E-state index in [1.165, 1.54) is 0 Å². The number of methoxy groups -OCH3 is 1. The Labute approximate surface area is 266 Å². The third kappa shape index (κ3) is 7.81. The van der Waals surface area contributed by atoms with Gasteiger partial charge >= 0.3 is 0 Å². The molecule has 0 aliphatic carbocycles. The smallest absolute Gasteiger partial charge is 0.201 e. The van der Waals surface area contributed by atoms with Gasteiger partial charge in [-0.25, -0.2) is 22.0 Å². The van der Waals surface area contributed by atoms with Crippen molar-refractivity contribution < 1.29 is 54.4 Å². The van der Waals surface area contributed by atoms with E-state index in [0.717, 1.165) is 55.6 Å². The number of aliphatic hydroxyl groups is 1. The van der Waals surface area contributed by atoms with Crippen molar-refractivity contribution in [3.63, 3.8) is 0 Å². The van der Waals surface area contributed by atoms with Gasteiger partial charge in [0.05, 0.1) is 26.9 Å². The van der Waals surface area contributed by atoms with E-state index >= 15 is 0 Å². The van der Waals surface area contributed by atoms with Gasteiger partial charge in [-0.1, -0.05) is 26.0 Å². The highest BCUT2D eigenvalue weighted by molar-refractivity contribution is 5.68. The Morgan fingerprint density at radius 1 is 0.511 bits per heavy atom. The van der Waals surface area contributed by atoms with Crippen LogP contribution in [0.1, 0.15) is 45.1 Å². The first-order chi connectivity index (χ1) is 22.3. The summed E-state index contributed by atoms with van der Waals surface area (Å²) in [6, 6.07) is 8.74. The summed E-state index contributed by atoms with van der Waals surface area (Å²) in [5.41, 5.74) is -2.54. The van der Waals surface area contributed by atoms with Crippen LogP contribution >= 0.6 is 0 Å². The van der Waals surface area contributed by atoms with Crippen LogP contribution in [-0.2, 0) is 6.61 Å². The van der Waals surface area contributed by atoms with Crippen LogP contribution in [0.4, 0.5) is 35.1 Å². The molecule has 4 nitrogen and oxygen atoms in total. The fourth-order valence-corrected chi connectivity index (χ4v) is 5.11. The van der Waals surface area contributed by atoms with Crippen molar-refractivity contribution in [1.29, 1.82) is 0 Å². The molecule has 0 aliphatic heterocycles. The number of aliphatic hydroxyl groups excluding tert-OH is 1. The Morgan fingerprint density at radius 2 is 0.872 bits per heavy atom. The average molecular weight is 669 g/mol. The summed E-state index contributed by atoms with van der Waals surface area (Å²) in [6.07, 6.45) is 2.09. The van der Waals surface area contributed by atoms with Crippen molar-refractivity contribution >= 4 is 0 Å². The van der Waals surface area contributed by atoms with Crippen LogP contribution in [0.2, 0.25) is 0 Å². The van der Waals surface area contributed by atoms with Crippen molar-refractivity contribution in [2.45, 2.75) is 46.1 Å². The van der Waals surface area contributed by atoms with Crippen molar-refractivity contribution in [2.75, 3.05) is 20.3 Å². The highest BCUT2D eigenvalue weighted by Gasteiger charge is 2.24. The Morgan fingerprint density at radius 3 is 1.28 bits per heavy atom. The minimum Gasteiger partial charge on any atom is -0.494 e. The van der Waals surface area contributed by atoms with E-state index < -0.39 is 81.1 Å². The normalized spacial score (nSPS) is 11.6. The lowest BCUT2D eigenvalue weighted by Crippen LogP contribution is -2.15. The Balaban J connectivity index is 1.27. The molecule has 0 fully saturated rings. The van der Waals surface area contributed by atoms with Crippen LogP contribution in [0.5, 0.6) is 17.2 Å². The van der Waals surface area contributed by atoms with Crippen molar-refractivity contribution in [1.82, 2.24) is 0 Å². The molecule has 0 unspecified atom stereocenters. The molecule has 0 aliphatic rings. The molecular weight excluding hydrogens is 636 g/mol. The third-order valence-corrected chi connectivity index (χ3v) is 7.78. The van der Waals surface area contributed by atoms with Crippen molar-refractivity contribution in [2.24, 2.45) is 5.41 Å². The molecule has 12 heteroatoms. The van der Waals surface area contributed by atoms with Crippen LogP contribution in [0.3, 0.4) is 0 Å². The fourth-order valence-electron chi connectivity index (χ4n) is 5.11. The molecule has 0 amide bonds. The molecule has 0 spiro atoms. The number of hydrogen-bond donors (Lipinski definition) is 1. The van der Waals surface area contributed by atoms with Gasteiger partial charge in [-0.2, -0.15) is 13.2 Å².